The van der Waals surface area contributed by atoms with E-state index >= 15 is 0 Å². The van der Waals surface area contributed by atoms with Crippen molar-refractivity contribution in [2.75, 3.05) is 13.1 Å². The van der Waals surface area contributed by atoms with Crippen LogP contribution in [-0.2, 0) is 16.1 Å². The summed E-state index contributed by atoms with van der Waals surface area (Å²) in [4.78, 5) is 25.1. The number of aliphatic carboxylic acids is 1. The van der Waals surface area contributed by atoms with Crippen molar-refractivity contribution in [1.82, 2.24) is 4.90 Å². The smallest absolute Gasteiger partial charge is 0.410 e. The van der Waals surface area contributed by atoms with E-state index in [-0.39, 0.29) is 19.7 Å². The Balaban J connectivity index is 1.70. The largest absolute Gasteiger partial charge is 0.481 e. The second kappa shape index (κ2) is 7.34. The maximum atomic E-state index is 14.0. The number of carboxylic acids is 1. The van der Waals surface area contributed by atoms with Crippen LogP contribution in [0.15, 0.2) is 54.6 Å². The molecule has 0 aliphatic carbocycles. The van der Waals surface area contributed by atoms with Gasteiger partial charge in [0, 0.05) is 19.0 Å². The van der Waals surface area contributed by atoms with Crippen molar-refractivity contribution in [2.45, 2.75) is 12.5 Å². The van der Waals surface area contributed by atoms with Crippen molar-refractivity contribution in [3.63, 3.8) is 0 Å². The normalized spacial score (nSPS) is 19.6. The average molecular weight is 343 g/mol. The lowest BCUT2D eigenvalue weighted by atomic mass is 9.89. The van der Waals surface area contributed by atoms with Gasteiger partial charge in [-0.2, -0.15) is 0 Å². The van der Waals surface area contributed by atoms with Crippen molar-refractivity contribution < 1.29 is 23.8 Å². The fourth-order valence-corrected chi connectivity index (χ4v) is 3.10. The van der Waals surface area contributed by atoms with Crippen molar-refractivity contribution in [3.05, 3.63) is 71.5 Å². The number of halogens is 1. The number of likely N-dealkylation sites (tertiary alicyclic amines) is 1. The molecule has 0 spiro atoms. The van der Waals surface area contributed by atoms with Crippen molar-refractivity contribution >= 4 is 12.1 Å². The van der Waals surface area contributed by atoms with Crippen LogP contribution < -0.4 is 0 Å². The van der Waals surface area contributed by atoms with Gasteiger partial charge >= 0.3 is 12.1 Å². The van der Waals surface area contributed by atoms with Gasteiger partial charge in [0.1, 0.15) is 12.4 Å². The molecule has 6 heteroatoms. The van der Waals surface area contributed by atoms with E-state index in [2.05, 4.69) is 0 Å². The minimum Gasteiger partial charge on any atom is -0.481 e. The molecule has 2 unspecified atom stereocenters. The zero-order chi connectivity index (χ0) is 17.8. The number of carbonyl (C=O) groups excluding carboxylic acids is 1. The molecule has 0 aromatic heterocycles. The zero-order valence-electron chi connectivity index (χ0n) is 13.5. The average Bonchev–Trinajstić information content (AvgIpc) is 3.06. The number of rotatable bonds is 4. The van der Waals surface area contributed by atoms with Crippen LogP contribution in [0.4, 0.5) is 9.18 Å². The minimum atomic E-state index is -1.05. The number of benzene rings is 2. The minimum absolute atomic E-state index is 0.00194. The monoisotopic (exact) mass is 343 g/mol. The summed E-state index contributed by atoms with van der Waals surface area (Å²) in [5, 5.41) is 9.44. The zero-order valence-corrected chi connectivity index (χ0v) is 13.5. The second-order valence-electron chi connectivity index (χ2n) is 6.02. The van der Waals surface area contributed by atoms with Gasteiger partial charge in [0.2, 0.25) is 0 Å². The number of amides is 1. The van der Waals surface area contributed by atoms with E-state index in [4.69, 9.17) is 4.74 Å². The van der Waals surface area contributed by atoms with Crippen LogP contribution in [0.2, 0.25) is 0 Å². The van der Waals surface area contributed by atoms with E-state index < -0.39 is 29.7 Å². The van der Waals surface area contributed by atoms with Crippen molar-refractivity contribution in [3.8, 4) is 0 Å². The van der Waals surface area contributed by atoms with Gasteiger partial charge in [0.05, 0.1) is 5.92 Å². The summed E-state index contributed by atoms with van der Waals surface area (Å²) in [5.74, 6) is -2.96. The molecule has 1 aliphatic heterocycles. The van der Waals surface area contributed by atoms with E-state index in [1.165, 1.54) is 11.0 Å². The number of ether oxygens (including phenoxy) is 1. The Morgan fingerprint density at radius 1 is 1.08 bits per heavy atom. The summed E-state index contributed by atoms with van der Waals surface area (Å²) in [6, 6.07) is 15.3. The quantitative estimate of drug-likeness (QED) is 0.925. The summed E-state index contributed by atoms with van der Waals surface area (Å²) in [6.07, 6.45) is -0.589. The Morgan fingerprint density at radius 3 is 2.44 bits per heavy atom. The van der Waals surface area contributed by atoms with E-state index in [1.54, 1.807) is 18.2 Å². The molecular weight excluding hydrogens is 325 g/mol. The molecule has 5 nitrogen and oxygen atoms in total. The lowest BCUT2D eigenvalue weighted by Gasteiger charge is -2.16. The Bertz CT molecular complexity index is 765. The van der Waals surface area contributed by atoms with Gasteiger partial charge in [0.15, 0.2) is 0 Å². The molecule has 1 N–H and O–H groups in total. The number of hydrogen-bond acceptors (Lipinski definition) is 3. The molecule has 0 saturated carbocycles. The summed E-state index contributed by atoms with van der Waals surface area (Å²) in [6.45, 7) is 0.228. The van der Waals surface area contributed by atoms with E-state index in [9.17, 15) is 19.1 Å². The Hall–Kier alpha value is -2.89. The highest BCUT2D eigenvalue weighted by Gasteiger charge is 2.42. The van der Waals surface area contributed by atoms with Gasteiger partial charge in [-0.3, -0.25) is 4.79 Å². The van der Waals surface area contributed by atoms with Crippen LogP contribution in [0.3, 0.4) is 0 Å². The highest BCUT2D eigenvalue weighted by molar-refractivity contribution is 5.75. The fourth-order valence-electron chi connectivity index (χ4n) is 3.10. The topological polar surface area (TPSA) is 66.8 Å². The molecule has 130 valence electrons. The summed E-state index contributed by atoms with van der Waals surface area (Å²) in [5.41, 5.74) is 1.16. The third-order valence-electron chi connectivity index (χ3n) is 4.41. The summed E-state index contributed by atoms with van der Waals surface area (Å²) in [7, 11) is 0. The van der Waals surface area contributed by atoms with Gasteiger partial charge in [-0.05, 0) is 17.2 Å². The third-order valence-corrected chi connectivity index (χ3v) is 4.41. The van der Waals surface area contributed by atoms with Gasteiger partial charge in [-0.15, -0.1) is 0 Å². The fraction of sp³-hybridized carbons (Fsp3) is 0.263. The third kappa shape index (κ3) is 3.79. The molecule has 1 saturated heterocycles. The molecular formula is C19H18FNO4. The first kappa shape index (κ1) is 17.0. The number of nitrogens with zero attached hydrogens (tertiary/aromatic N) is 1. The predicted molar refractivity (Wildman–Crippen MR) is 88.5 cm³/mol. The summed E-state index contributed by atoms with van der Waals surface area (Å²) >= 11 is 0. The van der Waals surface area contributed by atoms with Gasteiger partial charge < -0.3 is 14.7 Å². The lowest BCUT2D eigenvalue weighted by molar-refractivity contribution is -0.141. The van der Waals surface area contributed by atoms with E-state index in [0.717, 1.165) is 5.56 Å². The molecule has 3 rings (SSSR count). The lowest BCUT2D eigenvalue weighted by Crippen LogP contribution is -2.30. The van der Waals surface area contributed by atoms with Crippen molar-refractivity contribution in [2.24, 2.45) is 5.92 Å². The predicted octanol–water partition coefficient (Wildman–Crippen LogP) is 3.26. The first-order valence-electron chi connectivity index (χ1n) is 7.99. The molecule has 1 aliphatic rings. The van der Waals surface area contributed by atoms with Crippen LogP contribution in [0, 0.1) is 11.7 Å². The Kier molecular flexibility index (Phi) is 4.97. The number of hydrogen-bond donors (Lipinski definition) is 1. The molecule has 0 radical (unpaired) electrons. The maximum absolute atomic E-state index is 14.0. The molecule has 2 aromatic rings. The van der Waals surface area contributed by atoms with E-state index in [0.29, 0.717) is 5.56 Å². The molecule has 1 heterocycles. The molecule has 25 heavy (non-hydrogen) atoms. The molecule has 1 amide bonds. The summed E-state index contributed by atoms with van der Waals surface area (Å²) < 4.78 is 19.3. The van der Waals surface area contributed by atoms with Crippen LogP contribution in [0.5, 0.6) is 0 Å². The second-order valence-corrected chi connectivity index (χ2v) is 6.02. The first-order valence-corrected chi connectivity index (χ1v) is 7.99. The highest BCUT2D eigenvalue weighted by Crippen LogP contribution is 2.34. The van der Waals surface area contributed by atoms with Crippen LogP contribution in [0.25, 0.3) is 0 Å². The number of carboxylic acid groups (broad SMARTS) is 1. The molecule has 2 aromatic carbocycles. The number of carbonyl (C=O) groups is 2. The van der Waals surface area contributed by atoms with E-state index in [1.807, 2.05) is 30.3 Å². The Morgan fingerprint density at radius 2 is 1.76 bits per heavy atom. The van der Waals surface area contributed by atoms with Gasteiger partial charge in [-0.1, -0.05) is 48.5 Å². The maximum Gasteiger partial charge on any atom is 0.410 e. The highest BCUT2D eigenvalue weighted by atomic mass is 19.1. The SMILES string of the molecule is O=C(O)C1CN(C(=O)OCc2ccccc2)CC1c1ccccc1F. The van der Waals surface area contributed by atoms with Crippen LogP contribution >= 0.6 is 0 Å². The van der Waals surface area contributed by atoms with Gasteiger partial charge in [0.25, 0.3) is 0 Å². The standard InChI is InChI=1S/C19H18FNO4/c20-17-9-5-4-8-14(17)15-10-21(11-16(15)18(22)23)19(24)25-12-13-6-2-1-3-7-13/h1-9,15-16H,10-12H2,(H,22,23). The molecule has 1 fully saturated rings. The molecule has 0 bridgehead atoms. The molecule has 2 atom stereocenters. The van der Waals surface area contributed by atoms with Crippen LogP contribution in [0.1, 0.15) is 17.0 Å². The first-order chi connectivity index (χ1) is 12.1. The van der Waals surface area contributed by atoms with Crippen molar-refractivity contribution in [1.29, 1.82) is 0 Å². The van der Waals surface area contributed by atoms with Gasteiger partial charge in [-0.25, -0.2) is 9.18 Å². The van der Waals surface area contributed by atoms with Crippen LogP contribution in [-0.4, -0.2) is 35.2 Å². The Labute approximate surface area is 144 Å².